The van der Waals surface area contributed by atoms with Crippen LogP contribution < -0.4 is 29.6 Å². The van der Waals surface area contributed by atoms with Crippen molar-refractivity contribution in [3.63, 3.8) is 0 Å². The predicted molar refractivity (Wildman–Crippen MR) is 117 cm³/mol. The monoisotopic (exact) mass is 474 g/mol. The Bertz CT molecular complexity index is 514. The molecule has 9 heteroatoms. The van der Waals surface area contributed by atoms with Crippen LogP contribution in [0.3, 0.4) is 0 Å². The van der Waals surface area contributed by atoms with E-state index in [0.29, 0.717) is 32.5 Å². The van der Waals surface area contributed by atoms with Crippen LogP contribution in [0.25, 0.3) is 0 Å². The molecular weight excluding hydrogens is 431 g/mol. The van der Waals surface area contributed by atoms with Gasteiger partial charge in [0.2, 0.25) is 0 Å². The summed E-state index contributed by atoms with van der Waals surface area (Å²) >= 11 is 0. The summed E-state index contributed by atoms with van der Waals surface area (Å²) in [5, 5.41) is 9.00. The first-order chi connectivity index (χ1) is 14.3. The summed E-state index contributed by atoms with van der Waals surface area (Å²) in [6.07, 6.45) is 9.90. The fraction of sp³-hybridized carbons (Fsp3) is 0.955. The Balaban J connectivity index is 0. The molecule has 2 atom stereocenters. The molecule has 0 amide bonds. The molecule has 2 unspecified atom stereocenters. The van der Waals surface area contributed by atoms with Crippen molar-refractivity contribution in [3.8, 4) is 0 Å². The molecule has 0 aromatic carbocycles. The van der Waals surface area contributed by atoms with Crippen LogP contribution in [-0.2, 0) is 24.4 Å². The number of unbranched alkanes of at least 4 members (excludes halogenated alkanes) is 9. The zero-order valence-electron chi connectivity index (χ0n) is 20.0. The molecule has 0 fully saturated rings. The van der Waals surface area contributed by atoms with Gasteiger partial charge < -0.3 is 19.1 Å². The Morgan fingerprint density at radius 1 is 0.871 bits per heavy atom. The first-order valence-electron chi connectivity index (χ1n) is 11.7. The number of aliphatic hydroxyl groups excluding tert-OH is 1. The molecule has 0 spiro atoms. The Hall–Kier alpha value is 0.300. The van der Waals surface area contributed by atoms with Crippen molar-refractivity contribution in [2.45, 2.75) is 115 Å². The number of rotatable bonds is 21. The van der Waals surface area contributed by atoms with E-state index in [2.05, 4.69) is 6.92 Å². The fourth-order valence-corrected chi connectivity index (χ4v) is 4.40. The van der Waals surface area contributed by atoms with Crippen molar-refractivity contribution >= 4 is 16.1 Å². The van der Waals surface area contributed by atoms with Crippen molar-refractivity contribution in [2.24, 2.45) is 0 Å². The number of esters is 1. The Morgan fingerprint density at radius 2 is 1.42 bits per heavy atom. The summed E-state index contributed by atoms with van der Waals surface area (Å²) in [5.41, 5.74) is 0. The minimum atomic E-state index is -4.51. The van der Waals surface area contributed by atoms with Gasteiger partial charge in [0.15, 0.2) is 0 Å². The molecule has 1 N–H and O–H groups in total. The second-order valence-corrected chi connectivity index (χ2v) is 9.47. The maximum atomic E-state index is 11.5. The first kappa shape index (κ1) is 33.5. The topological polar surface area (TPSA) is 113 Å². The summed E-state index contributed by atoms with van der Waals surface area (Å²) in [4.78, 5) is 11.5. The van der Waals surface area contributed by atoms with Gasteiger partial charge in [-0.25, -0.2) is 8.42 Å². The Morgan fingerprint density at radius 3 is 2.00 bits per heavy atom. The largest absolute Gasteiger partial charge is 1.00 e. The van der Waals surface area contributed by atoms with Crippen LogP contribution in [-0.4, -0.2) is 55.2 Å². The molecule has 31 heavy (non-hydrogen) atoms. The Kier molecular flexibility index (Phi) is 23.9. The van der Waals surface area contributed by atoms with Gasteiger partial charge in [-0.3, -0.25) is 4.79 Å². The van der Waals surface area contributed by atoms with Crippen LogP contribution >= 0.6 is 0 Å². The maximum absolute atomic E-state index is 11.5. The summed E-state index contributed by atoms with van der Waals surface area (Å²) < 4.78 is 44.7. The van der Waals surface area contributed by atoms with Gasteiger partial charge in [-0.05, 0) is 26.2 Å². The molecule has 180 valence electrons. The van der Waals surface area contributed by atoms with Crippen molar-refractivity contribution in [2.75, 3.05) is 19.8 Å². The molecule has 0 aliphatic rings. The van der Waals surface area contributed by atoms with Crippen molar-refractivity contribution in [1.82, 2.24) is 0 Å². The fourth-order valence-electron chi connectivity index (χ4n) is 3.42. The van der Waals surface area contributed by atoms with Crippen LogP contribution in [0.2, 0.25) is 0 Å². The van der Waals surface area contributed by atoms with Crippen LogP contribution in [0.15, 0.2) is 0 Å². The number of hydrogen-bond acceptors (Lipinski definition) is 7. The van der Waals surface area contributed by atoms with E-state index in [-0.39, 0.29) is 48.6 Å². The molecule has 7 nitrogen and oxygen atoms in total. The van der Waals surface area contributed by atoms with E-state index >= 15 is 0 Å². The van der Waals surface area contributed by atoms with Gasteiger partial charge in [-0.1, -0.05) is 71.1 Å². The number of carbonyl (C=O) groups excluding carboxylic acids is 1. The van der Waals surface area contributed by atoms with Gasteiger partial charge in [-0.2, -0.15) is 0 Å². The molecule has 0 rings (SSSR count). The van der Waals surface area contributed by atoms with E-state index in [1.807, 2.05) is 6.92 Å². The normalized spacial score (nSPS) is 13.4. The number of ether oxygens (including phenoxy) is 2. The summed E-state index contributed by atoms with van der Waals surface area (Å²) in [6.45, 7) is 5.32. The van der Waals surface area contributed by atoms with Crippen LogP contribution in [0, 0.1) is 0 Å². The zero-order valence-corrected chi connectivity index (χ0v) is 22.8. The summed E-state index contributed by atoms with van der Waals surface area (Å²) in [6, 6.07) is 0. The molecule has 0 saturated carbocycles. The molecule has 0 radical (unpaired) electrons. The predicted octanol–water partition coefficient (Wildman–Crippen LogP) is 1.33. The third-order valence-corrected chi connectivity index (χ3v) is 6.51. The maximum Gasteiger partial charge on any atom is 1.00 e. The molecule has 0 aromatic rings. The average Bonchev–Trinajstić information content (AvgIpc) is 2.68. The Labute approximate surface area is 212 Å². The van der Waals surface area contributed by atoms with Gasteiger partial charge in [-0.15, -0.1) is 0 Å². The van der Waals surface area contributed by atoms with Gasteiger partial charge in [0.1, 0.15) is 16.7 Å². The molecule has 0 aromatic heterocycles. The molecule has 0 heterocycles. The zero-order chi connectivity index (χ0) is 22.7. The first-order valence-corrected chi connectivity index (χ1v) is 13.2. The second kappa shape index (κ2) is 22.1. The van der Waals surface area contributed by atoms with E-state index in [9.17, 15) is 22.9 Å². The van der Waals surface area contributed by atoms with Gasteiger partial charge in [0.25, 0.3) is 0 Å². The molecule has 0 aliphatic heterocycles. The van der Waals surface area contributed by atoms with Gasteiger partial charge >= 0.3 is 35.5 Å². The number of aliphatic hydroxyl groups is 1. The quantitative estimate of drug-likeness (QED) is 0.116. The van der Waals surface area contributed by atoms with Gasteiger partial charge in [0, 0.05) is 13.0 Å². The standard InChI is InChI=1S/C22H44O7S.Na/c1-3-5-6-7-9-12-15-20(23)21(30(25,26)27)16-13-10-8-11-14-17-22(24)29-19-18-28-4-2;/h20-21,23H,3-19H2,1-2H3,(H,25,26,27);/q;+1/p-1. The minimum absolute atomic E-state index is 0. The van der Waals surface area contributed by atoms with E-state index in [1.54, 1.807) is 0 Å². The SMILES string of the molecule is CCCCCCCCC(O)C(CCCCCCCC(=O)OCCOCC)S(=O)(=O)[O-].[Na+]. The van der Waals surface area contributed by atoms with E-state index in [0.717, 1.165) is 57.8 Å². The third kappa shape index (κ3) is 20.6. The van der Waals surface area contributed by atoms with Crippen molar-refractivity contribution in [3.05, 3.63) is 0 Å². The second-order valence-electron chi connectivity index (χ2n) is 7.88. The van der Waals surface area contributed by atoms with Crippen molar-refractivity contribution < 1.29 is 61.9 Å². The smallest absolute Gasteiger partial charge is 0.748 e. The molecule has 0 saturated heterocycles. The van der Waals surface area contributed by atoms with Crippen LogP contribution in [0.5, 0.6) is 0 Å². The van der Waals surface area contributed by atoms with Crippen LogP contribution in [0.1, 0.15) is 104 Å². The van der Waals surface area contributed by atoms with Gasteiger partial charge in [0.05, 0.1) is 18.0 Å². The van der Waals surface area contributed by atoms with E-state index in [4.69, 9.17) is 9.47 Å². The molecule has 0 aliphatic carbocycles. The van der Waals surface area contributed by atoms with E-state index < -0.39 is 21.5 Å². The third-order valence-electron chi connectivity index (χ3n) is 5.22. The van der Waals surface area contributed by atoms with E-state index in [1.165, 1.54) is 6.42 Å². The van der Waals surface area contributed by atoms with Crippen molar-refractivity contribution in [1.29, 1.82) is 0 Å². The molecule has 0 bridgehead atoms. The summed E-state index contributed by atoms with van der Waals surface area (Å²) in [5.74, 6) is -0.231. The minimum Gasteiger partial charge on any atom is -0.748 e. The number of carbonyl (C=O) groups is 1. The summed E-state index contributed by atoms with van der Waals surface area (Å²) in [7, 11) is -4.51. The molecular formula is C22H43NaO7S. The van der Waals surface area contributed by atoms with Crippen LogP contribution in [0.4, 0.5) is 0 Å². The number of hydrogen-bond donors (Lipinski definition) is 1. The average molecular weight is 475 g/mol.